The predicted molar refractivity (Wildman–Crippen MR) is 283 cm³/mol. The molecule has 0 fully saturated rings. The third kappa shape index (κ3) is 51.1. The Morgan fingerprint density at radius 3 is 0.985 bits per heavy atom. The molecule has 0 aromatic carbocycles. The summed E-state index contributed by atoms with van der Waals surface area (Å²) in [5.41, 5.74) is 0. The number of ether oxygens (including phenoxy) is 3. The number of unbranched alkanes of at least 4 members (excludes halogenated alkanes) is 18. The Balaban J connectivity index is 4.54. The Kier molecular flexibility index (Phi) is 50.5. The molecule has 0 bridgehead atoms. The Bertz CT molecular complexity index is 1370. The Morgan fingerprint density at radius 1 is 0.318 bits per heavy atom. The van der Waals surface area contributed by atoms with E-state index in [0.29, 0.717) is 25.7 Å². The molecule has 0 spiro atoms. The van der Waals surface area contributed by atoms with E-state index in [1.54, 1.807) is 0 Å². The summed E-state index contributed by atoms with van der Waals surface area (Å²) in [5.74, 6) is -1.01. The molecule has 0 aromatic rings. The fourth-order valence-corrected chi connectivity index (χ4v) is 7.06. The van der Waals surface area contributed by atoms with Crippen LogP contribution in [-0.4, -0.2) is 37.2 Å². The van der Waals surface area contributed by atoms with Crippen molar-refractivity contribution in [3.8, 4) is 0 Å². The van der Waals surface area contributed by atoms with Crippen molar-refractivity contribution < 1.29 is 28.6 Å². The lowest BCUT2D eigenvalue weighted by Crippen LogP contribution is -2.30. The summed E-state index contributed by atoms with van der Waals surface area (Å²) in [6.07, 6.45) is 72.2. The van der Waals surface area contributed by atoms with Gasteiger partial charge in [-0.3, -0.25) is 14.4 Å². The van der Waals surface area contributed by atoms with E-state index in [1.165, 1.54) is 83.5 Å². The van der Waals surface area contributed by atoms with Crippen LogP contribution in [-0.2, 0) is 28.6 Å². The monoisotopic (exact) mass is 915 g/mol. The highest BCUT2D eigenvalue weighted by atomic mass is 16.6. The first-order valence-electron chi connectivity index (χ1n) is 26.9. The van der Waals surface area contributed by atoms with E-state index in [-0.39, 0.29) is 37.5 Å². The van der Waals surface area contributed by atoms with Crippen LogP contribution in [0, 0.1) is 0 Å². The number of allylic oxidation sites excluding steroid dienone is 18. The topological polar surface area (TPSA) is 78.9 Å². The second kappa shape index (κ2) is 53.7. The van der Waals surface area contributed by atoms with Gasteiger partial charge in [0.25, 0.3) is 0 Å². The van der Waals surface area contributed by atoms with Gasteiger partial charge in [-0.1, -0.05) is 226 Å². The lowest BCUT2D eigenvalue weighted by atomic mass is 10.0. The zero-order chi connectivity index (χ0) is 47.9. The van der Waals surface area contributed by atoms with Crippen LogP contribution < -0.4 is 0 Å². The molecule has 0 saturated carbocycles. The molecule has 6 heteroatoms. The van der Waals surface area contributed by atoms with Crippen molar-refractivity contribution in [2.45, 2.75) is 239 Å². The lowest BCUT2D eigenvalue weighted by Gasteiger charge is -2.18. The van der Waals surface area contributed by atoms with Gasteiger partial charge in [-0.25, -0.2) is 0 Å². The van der Waals surface area contributed by atoms with Crippen LogP contribution in [0.15, 0.2) is 109 Å². The van der Waals surface area contributed by atoms with E-state index >= 15 is 0 Å². The van der Waals surface area contributed by atoms with Crippen molar-refractivity contribution >= 4 is 17.9 Å². The van der Waals surface area contributed by atoms with Gasteiger partial charge in [-0.2, -0.15) is 0 Å². The molecule has 0 N–H and O–H groups in total. The number of esters is 3. The maximum atomic E-state index is 12.8. The summed E-state index contributed by atoms with van der Waals surface area (Å²) in [6.45, 7) is 6.32. The normalized spacial score (nSPS) is 13.0. The quantitative estimate of drug-likeness (QED) is 0.0262. The van der Waals surface area contributed by atoms with E-state index in [2.05, 4.69) is 130 Å². The highest BCUT2D eigenvalue weighted by molar-refractivity contribution is 5.71. The molecule has 0 unspecified atom stereocenters. The largest absolute Gasteiger partial charge is 0.462 e. The first kappa shape index (κ1) is 62.1. The highest BCUT2D eigenvalue weighted by Gasteiger charge is 2.19. The molecule has 0 rings (SSSR count). The minimum atomic E-state index is -0.818. The van der Waals surface area contributed by atoms with E-state index in [1.807, 2.05) is 0 Å². The first-order valence-corrected chi connectivity index (χ1v) is 26.9. The van der Waals surface area contributed by atoms with Gasteiger partial charge in [0.1, 0.15) is 13.2 Å². The molecule has 0 aliphatic carbocycles. The molecule has 0 amide bonds. The molecular formula is C60H98O6. The average Bonchev–Trinajstić information content (AvgIpc) is 3.31. The van der Waals surface area contributed by atoms with E-state index < -0.39 is 6.10 Å². The lowest BCUT2D eigenvalue weighted by molar-refractivity contribution is -0.167. The molecule has 0 aromatic heterocycles. The summed E-state index contributed by atoms with van der Waals surface area (Å²) in [5, 5.41) is 0. The number of carbonyl (C=O) groups is 3. The number of carbonyl (C=O) groups excluding carboxylic acids is 3. The second-order valence-corrected chi connectivity index (χ2v) is 17.4. The van der Waals surface area contributed by atoms with E-state index in [0.717, 1.165) is 96.3 Å². The fraction of sp³-hybridized carbons (Fsp3) is 0.650. The zero-order valence-corrected chi connectivity index (χ0v) is 42.7. The Hall–Kier alpha value is -3.93. The van der Waals surface area contributed by atoms with Crippen molar-refractivity contribution in [1.29, 1.82) is 0 Å². The van der Waals surface area contributed by atoms with Crippen LogP contribution in [0.5, 0.6) is 0 Å². The standard InChI is InChI=1S/C60H98O6/c1-4-7-10-13-16-19-22-25-28-30-33-35-38-41-44-47-50-53-59(62)65-56-57(55-64-58(61)52-49-46-43-40-37-34-31-27-24-21-18-15-12-9-6-3)66-60(63)54-51-48-45-42-39-36-32-29-26-23-20-17-14-11-8-5-2/h7,9-10,12,16,18-19,21,25,27-28,31,33,35,37,40-41,44,57H,4-6,8,11,13-15,17,20,22-24,26,29-30,32,34,36,38-39,42-43,45-56H2,1-3H3/b10-7-,12-9-,19-16-,21-18-,28-25-,31-27-,35-33-,40-37-,44-41-/t57-/m1/s1. The fourth-order valence-electron chi connectivity index (χ4n) is 7.06. The smallest absolute Gasteiger partial charge is 0.306 e. The van der Waals surface area contributed by atoms with E-state index in [9.17, 15) is 14.4 Å². The molecule has 6 nitrogen and oxygen atoms in total. The van der Waals surface area contributed by atoms with Gasteiger partial charge in [0.15, 0.2) is 6.10 Å². The third-order valence-corrected chi connectivity index (χ3v) is 11.0. The minimum absolute atomic E-state index is 0.117. The van der Waals surface area contributed by atoms with Gasteiger partial charge in [0, 0.05) is 19.3 Å². The molecule has 0 saturated heterocycles. The van der Waals surface area contributed by atoms with Gasteiger partial charge in [0.2, 0.25) is 0 Å². The van der Waals surface area contributed by atoms with Gasteiger partial charge in [-0.05, 0) is 96.3 Å². The molecule has 1 atom stereocenters. The maximum absolute atomic E-state index is 12.8. The summed E-state index contributed by atoms with van der Waals surface area (Å²) in [4.78, 5) is 38.0. The third-order valence-electron chi connectivity index (χ3n) is 11.0. The average molecular weight is 915 g/mol. The van der Waals surface area contributed by atoms with Gasteiger partial charge in [0.05, 0.1) is 0 Å². The van der Waals surface area contributed by atoms with Crippen LogP contribution in [0.3, 0.4) is 0 Å². The summed E-state index contributed by atoms with van der Waals surface area (Å²) < 4.78 is 16.7. The molecule has 0 heterocycles. The zero-order valence-electron chi connectivity index (χ0n) is 42.7. The van der Waals surface area contributed by atoms with Crippen molar-refractivity contribution in [2.75, 3.05) is 13.2 Å². The molecule has 0 aliphatic heterocycles. The van der Waals surface area contributed by atoms with Crippen molar-refractivity contribution in [3.05, 3.63) is 109 Å². The van der Waals surface area contributed by atoms with Gasteiger partial charge >= 0.3 is 17.9 Å². The van der Waals surface area contributed by atoms with Gasteiger partial charge < -0.3 is 14.2 Å². The Labute approximate surface area is 406 Å². The number of hydrogen-bond donors (Lipinski definition) is 0. The Morgan fingerprint density at radius 2 is 0.606 bits per heavy atom. The highest BCUT2D eigenvalue weighted by Crippen LogP contribution is 2.15. The second-order valence-electron chi connectivity index (χ2n) is 17.4. The minimum Gasteiger partial charge on any atom is -0.462 e. The summed E-state index contributed by atoms with van der Waals surface area (Å²) >= 11 is 0. The van der Waals surface area contributed by atoms with Crippen LogP contribution in [0.4, 0.5) is 0 Å². The summed E-state index contributed by atoms with van der Waals surface area (Å²) in [6, 6.07) is 0. The molecule has 0 radical (unpaired) electrons. The first-order chi connectivity index (χ1) is 32.5. The molecule has 0 aliphatic rings. The molecule has 374 valence electrons. The van der Waals surface area contributed by atoms with Crippen LogP contribution in [0.1, 0.15) is 233 Å². The van der Waals surface area contributed by atoms with Crippen molar-refractivity contribution in [2.24, 2.45) is 0 Å². The number of rotatable bonds is 47. The predicted octanol–water partition coefficient (Wildman–Crippen LogP) is 17.9. The van der Waals surface area contributed by atoms with Crippen LogP contribution >= 0.6 is 0 Å². The molecular weight excluding hydrogens is 817 g/mol. The van der Waals surface area contributed by atoms with Crippen molar-refractivity contribution in [1.82, 2.24) is 0 Å². The van der Waals surface area contributed by atoms with Crippen LogP contribution in [0.25, 0.3) is 0 Å². The number of hydrogen-bond acceptors (Lipinski definition) is 6. The SMILES string of the molecule is CC/C=C\C/C=C\C/C=C\C/C=C\C/C=C\CCCC(=O)OC[C@@H](COC(=O)CCCC/C=C\C/C=C\C/C=C\C/C=C\CC)OC(=O)CCCCCCCCCCCCCCCCCC. The van der Waals surface area contributed by atoms with Crippen LogP contribution in [0.2, 0.25) is 0 Å². The maximum Gasteiger partial charge on any atom is 0.306 e. The summed E-state index contributed by atoms with van der Waals surface area (Å²) in [7, 11) is 0. The molecule has 66 heavy (non-hydrogen) atoms. The van der Waals surface area contributed by atoms with Gasteiger partial charge in [-0.15, -0.1) is 0 Å². The van der Waals surface area contributed by atoms with E-state index in [4.69, 9.17) is 14.2 Å². The van der Waals surface area contributed by atoms with Crippen molar-refractivity contribution in [3.63, 3.8) is 0 Å².